The van der Waals surface area contributed by atoms with Crippen molar-refractivity contribution >= 4 is 17.3 Å². The van der Waals surface area contributed by atoms with Gasteiger partial charge < -0.3 is 15.5 Å². The molecule has 0 bridgehead atoms. The van der Waals surface area contributed by atoms with E-state index < -0.39 is 17.5 Å². The topological polar surface area (TPSA) is 81.5 Å². The molecule has 29 heavy (non-hydrogen) atoms. The molecule has 8 heteroatoms. The van der Waals surface area contributed by atoms with E-state index in [1.54, 1.807) is 19.2 Å². The van der Waals surface area contributed by atoms with Crippen molar-refractivity contribution in [3.63, 3.8) is 0 Å². The first-order valence-electron chi connectivity index (χ1n) is 9.90. The molecule has 2 aromatic rings. The van der Waals surface area contributed by atoms with Crippen LogP contribution < -0.4 is 5.32 Å². The van der Waals surface area contributed by atoms with Crippen molar-refractivity contribution in [2.45, 2.75) is 51.4 Å². The van der Waals surface area contributed by atoms with Gasteiger partial charge in [0.2, 0.25) is 0 Å². The molecule has 3 N–H and O–H groups in total. The summed E-state index contributed by atoms with van der Waals surface area (Å²) in [5, 5.41) is 23.0. The Hall–Kier alpha value is -1.80. The van der Waals surface area contributed by atoms with Crippen molar-refractivity contribution < 1.29 is 14.6 Å². The van der Waals surface area contributed by atoms with Crippen LogP contribution in [0.4, 0.5) is 10.1 Å². The van der Waals surface area contributed by atoms with Crippen molar-refractivity contribution in [3.8, 4) is 11.3 Å². The lowest BCUT2D eigenvalue weighted by Gasteiger charge is -2.35. The molecule has 0 aromatic carbocycles. The molecule has 1 aliphatic heterocycles. The number of likely N-dealkylation sites (tertiary alicyclic amines) is 1. The average Bonchev–Trinajstić information content (AvgIpc) is 2.64. The fourth-order valence-corrected chi connectivity index (χ4v) is 3.55. The van der Waals surface area contributed by atoms with Crippen molar-refractivity contribution in [1.82, 2.24) is 14.9 Å². The van der Waals surface area contributed by atoms with Crippen molar-refractivity contribution in [2.75, 3.05) is 25.0 Å². The normalized spacial score (nSPS) is 17.9. The standard InChI is InChI=1S/C21H28ClFN4O2/c1-14(28)3-6-24-18-10-19(22)25-12-16(18)20-17(23)9-15(11-26-20)13-27-7-4-21(2,29)5-8-27/h9-12,14,28-29H,3-8,13H2,1-2H3,(H,24,25)/t14-/m1/s1. The Bertz CT molecular complexity index is 837. The number of pyridine rings is 2. The van der Waals surface area contributed by atoms with Gasteiger partial charge >= 0.3 is 0 Å². The van der Waals surface area contributed by atoms with E-state index in [9.17, 15) is 14.6 Å². The highest BCUT2D eigenvalue weighted by Crippen LogP contribution is 2.30. The van der Waals surface area contributed by atoms with Gasteiger partial charge in [-0.25, -0.2) is 9.37 Å². The second kappa shape index (κ2) is 9.34. The van der Waals surface area contributed by atoms with Crippen LogP contribution in [0.25, 0.3) is 11.3 Å². The van der Waals surface area contributed by atoms with E-state index in [4.69, 9.17) is 11.6 Å². The molecule has 1 fully saturated rings. The van der Waals surface area contributed by atoms with Crippen LogP contribution in [0.2, 0.25) is 5.15 Å². The number of aliphatic hydroxyl groups excluding tert-OH is 1. The monoisotopic (exact) mass is 422 g/mol. The Morgan fingerprint density at radius 3 is 2.66 bits per heavy atom. The van der Waals surface area contributed by atoms with Crippen LogP contribution >= 0.6 is 11.6 Å². The van der Waals surface area contributed by atoms with E-state index in [1.165, 1.54) is 12.3 Å². The van der Waals surface area contributed by atoms with E-state index in [1.807, 2.05) is 6.92 Å². The predicted molar refractivity (Wildman–Crippen MR) is 112 cm³/mol. The number of hydrogen-bond donors (Lipinski definition) is 3. The number of piperidine rings is 1. The SMILES string of the molecule is C[C@@H](O)CCNc1cc(Cl)ncc1-c1ncc(CN2CCC(C)(O)CC2)cc1F. The Labute approximate surface area is 175 Å². The van der Waals surface area contributed by atoms with Gasteiger partial charge in [-0.3, -0.25) is 9.88 Å². The summed E-state index contributed by atoms with van der Waals surface area (Å²) in [6.07, 6.45) is 4.72. The van der Waals surface area contributed by atoms with Gasteiger partial charge in [-0.05, 0) is 50.8 Å². The molecular formula is C21H28ClFN4O2. The minimum atomic E-state index is -0.608. The number of halogens is 2. The minimum Gasteiger partial charge on any atom is -0.393 e. The number of nitrogens with zero attached hydrogens (tertiary/aromatic N) is 3. The lowest BCUT2D eigenvalue weighted by atomic mass is 9.93. The van der Waals surface area contributed by atoms with E-state index >= 15 is 0 Å². The molecule has 2 aromatic heterocycles. The molecule has 1 saturated heterocycles. The van der Waals surface area contributed by atoms with Gasteiger partial charge in [-0.1, -0.05) is 11.6 Å². The zero-order chi connectivity index (χ0) is 21.0. The van der Waals surface area contributed by atoms with Gasteiger partial charge in [0.15, 0.2) is 0 Å². The number of aromatic nitrogens is 2. The summed E-state index contributed by atoms with van der Waals surface area (Å²) in [5.74, 6) is -0.422. The highest BCUT2D eigenvalue weighted by atomic mass is 35.5. The van der Waals surface area contributed by atoms with Gasteiger partial charge in [0.05, 0.1) is 11.7 Å². The average molecular weight is 423 g/mol. The van der Waals surface area contributed by atoms with Crippen LogP contribution in [0.3, 0.4) is 0 Å². The summed E-state index contributed by atoms with van der Waals surface area (Å²) >= 11 is 6.00. The molecule has 0 spiro atoms. The maximum Gasteiger partial charge on any atom is 0.149 e. The third-order valence-corrected chi connectivity index (χ3v) is 5.45. The second-order valence-electron chi connectivity index (χ2n) is 8.06. The van der Waals surface area contributed by atoms with Gasteiger partial charge in [0.1, 0.15) is 16.7 Å². The zero-order valence-corrected chi connectivity index (χ0v) is 17.6. The summed E-state index contributed by atoms with van der Waals surface area (Å²) in [7, 11) is 0. The lowest BCUT2D eigenvalue weighted by Crippen LogP contribution is -2.41. The first-order valence-corrected chi connectivity index (χ1v) is 10.3. The largest absolute Gasteiger partial charge is 0.393 e. The van der Waals surface area contributed by atoms with Crippen LogP contribution in [-0.2, 0) is 6.54 Å². The Balaban J connectivity index is 1.75. The number of hydrogen-bond acceptors (Lipinski definition) is 6. The molecule has 1 atom stereocenters. The lowest BCUT2D eigenvalue weighted by molar-refractivity contribution is -0.00733. The third-order valence-electron chi connectivity index (χ3n) is 5.24. The molecule has 6 nitrogen and oxygen atoms in total. The highest BCUT2D eigenvalue weighted by Gasteiger charge is 2.27. The molecule has 0 radical (unpaired) electrons. The summed E-state index contributed by atoms with van der Waals surface area (Å²) in [4.78, 5) is 10.6. The molecule has 3 rings (SSSR count). The number of anilines is 1. The summed E-state index contributed by atoms with van der Waals surface area (Å²) in [5.41, 5.74) is 1.54. The molecule has 3 heterocycles. The van der Waals surface area contributed by atoms with Crippen molar-refractivity contribution in [2.24, 2.45) is 0 Å². The molecule has 0 aliphatic carbocycles. The molecule has 0 unspecified atom stereocenters. The van der Waals surface area contributed by atoms with Gasteiger partial charge in [0, 0.05) is 49.8 Å². The Morgan fingerprint density at radius 1 is 1.28 bits per heavy atom. The maximum atomic E-state index is 14.9. The predicted octanol–water partition coefficient (Wildman–Crippen LogP) is 3.47. The van der Waals surface area contributed by atoms with Gasteiger partial charge in [-0.15, -0.1) is 0 Å². The first kappa shape index (κ1) is 21.9. The quantitative estimate of drug-likeness (QED) is 0.593. The van der Waals surface area contributed by atoms with Crippen LogP contribution in [0.1, 0.15) is 38.7 Å². The fraction of sp³-hybridized carbons (Fsp3) is 0.524. The Kier molecular flexibility index (Phi) is 7.05. The minimum absolute atomic E-state index is 0.207. The number of aliphatic hydroxyl groups is 2. The van der Waals surface area contributed by atoms with E-state index in [0.717, 1.165) is 18.7 Å². The van der Waals surface area contributed by atoms with E-state index in [2.05, 4.69) is 20.2 Å². The van der Waals surface area contributed by atoms with E-state index in [0.29, 0.717) is 48.8 Å². The zero-order valence-electron chi connectivity index (χ0n) is 16.8. The molecule has 0 saturated carbocycles. The highest BCUT2D eigenvalue weighted by molar-refractivity contribution is 6.29. The molecule has 0 amide bonds. The molecular weight excluding hydrogens is 395 g/mol. The second-order valence-corrected chi connectivity index (χ2v) is 8.45. The van der Waals surface area contributed by atoms with Crippen LogP contribution in [0, 0.1) is 5.82 Å². The van der Waals surface area contributed by atoms with Crippen LogP contribution in [0.15, 0.2) is 24.5 Å². The van der Waals surface area contributed by atoms with Gasteiger partial charge in [-0.2, -0.15) is 0 Å². The van der Waals surface area contributed by atoms with Crippen molar-refractivity contribution in [1.29, 1.82) is 0 Å². The maximum absolute atomic E-state index is 14.9. The molecule has 158 valence electrons. The Morgan fingerprint density at radius 2 is 2.00 bits per heavy atom. The van der Waals surface area contributed by atoms with Gasteiger partial charge in [0.25, 0.3) is 0 Å². The van der Waals surface area contributed by atoms with Crippen LogP contribution in [-0.4, -0.2) is 56.4 Å². The van der Waals surface area contributed by atoms with Crippen molar-refractivity contribution in [3.05, 3.63) is 41.1 Å². The van der Waals surface area contributed by atoms with E-state index in [-0.39, 0.29) is 5.69 Å². The number of nitrogens with one attached hydrogen (secondary N) is 1. The summed E-state index contributed by atoms with van der Waals surface area (Å²) in [6.45, 7) is 6.23. The summed E-state index contributed by atoms with van der Waals surface area (Å²) in [6, 6.07) is 3.14. The summed E-state index contributed by atoms with van der Waals surface area (Å²) < 4.78 is 14.9. The first-order chi connectivity index (χ1) is 13.7. The molecule has 1 aliphatic rings. The number of rotatable bonds is 7. The van der Waals surface area contributed by atoms with Crippen LogP contribution in [0.5, 0.6) is 0 Å². The third kappa shape index (κ3) is 6.09. The fourth-order valence-electron chi connectivity index (χ4n) is 3.39. The smallest absolute Gasteiger partial charge is 0.149 e.